The van der Waals surface area contributed by atoms with Crippen molar-refractivity contribution in [3.8, 4) is 5.69 Å². The fraction of sp³-hybridized carbons (Fsp3) is 0.143. The molecule has 3 rings (SSSR count). The van der Waals surface area contributed by atoms with Crippen molar-refractivity contribution in [2.24, 2.45) is 0 Å². The number of rotatable bonds is 3. The molecule has 0 amide bonds. The van der Waals surface area contributed by atoms with Gasteiger partial charge in [-0.15, -0.1) is 5.10 Å². The van der Waals surface area contributed by atoms with Gasteiger partial charge in [-0.05, 0) is 19.1 Å². The van der Waals surface area contributed by atoms with Gasteiger partial charge in [-0.3, -0.25) is 9.97 Å². The number of benzene rings is 1. The topological polar surface area (TPSA) is 76.7 Å². The zero-order chi connectivity index (χ0) is 15.7. The maximum absolute atomic E-state index is 13.8. The molecule has 1 atom stereocenters. The summed E-state index contributed by atoms with van der Waals surface area (Å²) in [5.41, 5.74) is 0.995. The summed E-state index contributed by atoms with van der Waals surface area (Å²) in [7, 11) is 0. The minimum atomic E-state index is -1.13. The van der Waals surface area contributed by atoms with Crippen molar-refractivity contribution in [2.75, 3.05) is 0 Å². The highest BCUT2D eigenvalue weighted by molar-refractivity contribution is 5.36. The summed E-state index contributed by atoms with van der Waals surface area (Å²) in [6, 6.07) is 3.14. The van der Waals surface area contributed by atoms with Crippen molar-refractivity contribution in [3.63, 3.8) is 0 Å². The number of aliphatic hydroxyl groups is 1. The van der Waals surface area contributed by atoms with E-state index >= 15 is 0 Å². The molecule has 2 heterocycles. The van der Waals surface area contributed by atoms with E-state index in [0.717, 1.165) is 12.1 Å². The lowest BCUT2D eigenvalue weighted by Crippen LogP contribution is -2.06. The normalized spacial score (nSPS) is 12.4. The van der Waals surface area contributed by atoms with Gasteiger partial charge in [-0.1, -0.05) is 5.21 Å². The third-order valence-corrected chi connectivity index (χ3v) is 3.19. The third kappa shape index (κ3) is 2.44. The minimum Gasteiger partial charge on any atom is -0.380 e. The predicted octanol–water partition coefficient (Wildman–Crippen LogP) is 1.73. The molecule has 6 nitrogen and oxygen atoms in total. The molecule has 0 saturated carbocycles. The van der Waals surface area contributed by atoms with Gasteiger partial charge in [0.1, 0.15) is 23.3 Å². The Morgan fingerprint density at radius 2 is 2.05 bits per heavy atom. The van der Waals surface area contributed by atoms with E-state index in [9.17, 15) is 13.9 Å². The Morgan fingerprint density at radius 1 is 1.23 bits per heavy atom. The fourth-order valence-electron chi connectivity index (χ4n) is 2.07. The number of hydrogen-bond donors (Lipinski definition) is 1. The van der Waals surface area contributed by atoms with Crippen molar-refractivity contribution < 1.29 is 13.9 Å². The number of aliphatic hydroxyl groups excluding tert-OH is 1. The predicted molar refractivity (Wildman–Crippen MR) is 72.1 cm³/mol. The Bertz CT molecular complexity index is 806. The summed E-state index contributed by atoms with van der Waals surface area (Å²) < 4.78 is 28.0. The van der Waals surface area contributed by atoms with Gasteiger partial charge in [-0.25, -0.2) is 13.5 Å². The van der Waals surface area contributed by atoms with Crippen LogP contribution in [0.3, 0.4) is 0 Å². The highest BCUT2D eigenvalue weighted by atomic mass is 19.1. The van der Waals surface area contributed by atoms with Crippen LogP contribution < -0.4 is 0 Å². The lowest BCUT2D eigenvalue weighted by atomic mass is 10.1. The largest absolute Gasteiger partial charge is 0.380 e. The molecule has 8 heteroatoms. The molecule has 0 radical (unpaired) electrons. The Hall–Kier alpha value is -2.74. The number of halogens is 2. The summed E-state index contributed by atoms with van der Waals surface area (Å²) in [5, 5.41) is 18.0. The van der Waals surface area contributed by atoms with Crippen LogP contribution in [-0.2, 0) is 0 Å². The van der Waals surface area contributed by atoms with Crippen LogP contribution in [0.15, 0.2) is 36.8 Å². The Morgan fingerprint density at radius 3 is 2.73 bits per heavy atom. The minimum absolute atomic E-state index is 0.0454. The van der Waals surface area contributed by atoms with Crippen LogP contribution in [0.1, 0.15) is 23.2 Å². The number of hydrogen-bond acceptors (Lipinski definition) is 5. The lowest BCUT2D eigenvalue weighted by Gasteiger charge is -2.08. The second-order valence-corrected chi connectivity index (χ2v) is 4.60. The molecule has 0 aliphatic rings. The van der Waals surface area contributed by atoms with E-state index < -0.39 is 17.7 Å². The SMILES string of the molecule is Cc1c(C(O)c2cnccn2)nnn1-c1ccc(F)cc1F. The average molecular weight is 303 g/mol. The van der Waals surface area contributed by atoms with Gasteiger partial charge in [0.25, 0.3) is 0 Å². The molecule has 0 aliphatic heterocycles. The monoisotopic (exact) mass is 303 g/mol. The summed E-state index contributed by atoms with van der Waals surface area (Å²) in [5.74, 6) is -1.45. The molecule has 0 saturated heterocycles. The average Bonchev–Trinajstić information content (AvgIpc) is 2.89. The fourth-order valence-corrected chi connectivity index (χ4v) is 2.07. The molecule has 0 aliphatic carbocycles. The van der Waals surface area contributed by atoms with Crippen molar-refractivity contribution in [1.29, 1.82) is 0 Å². The maximum Gasteiger partial charge on any atom is 0.151 e. The van der Waals surface area contributed by atoms with E-state index in [-0.39, 0.29) is 11.4 Å². The van der Waals surface area contributed by atoms with Gasteiger partial charge in [0.15, 0.2) is 5.82 Å². The molecule has 2 aromatic heterocycles. The van der Waals surface area contributed by atoms with Gasteiger partial charge < -0.3 is 5.11 Å². The van der Waals surface area contributed by atoms with Gasteiger partial charge in [-0.2, -0.15) is 0 Å². The second kappa shape index (κ2) is 5.57. The number of aromatic nitrogens is 5. The summed E-state index contributed by atoms with van der Waals surface area (Å²) in [6.45, 7) is 1.62. The molecule has 1 unspecified atom stereocenters. The van der Waals surface area contributed by atoms with Crippen molar-refractivity contribution >= 4 is 0 Å². The van der Waals surface area contributed by atoms with Gasteiger partial charge in [0.05, 0.1) is 17.6 Å². The van der Waals surface area contributed by atoms with Crippen LogP contribution in [0, 0.1) is 18.6 Å². The van der Waals surface area contributed by atoms with Crippen molar-refractivity contribution in [2.45, 2.75) is 13.0 Å². The van der Waals surface area contributed by atoms with Gasteiger partial charge in [0.2, 0.25) is 0 Å². The van der Waals surface area contributed by atoms with Gasteiger partial charge >= 0.3 is 0 Å². The first-order valence-corrected chi connectivity index (χ1v) is 6.39. The molecular formula is C14H11F2N5O. The van der Waals surface area contributed by atoms with Crippen LogP contribution in [0.5, 0.6) is 0 Å². The Kier molecular flexibility index (Phi) is 3.60. The quantitative estimate of drug-likeness (QED) is 0.797. The van der Waals surface area contributed by atoms with E-state index in [1.54, 1.807) is 6.92 Å². The first-order valence-electron chi connectivity index (χ1n) is 6.39. The molecular weight excluding hydrogens is 292 g/mol. The summed E-state index contributed by atoms with van der Waals surface area (Å²) in [6.07, 6.45) is 3.19. The highest BCUT2D eigenvalue weighted by Crippen LogP contribution is 2.23. The molecule has 1 N–H and O–H groups in total. The molecule has 0 spiro atoms. The van der Waals surface area contributed by atoms with Crippen LogP contribution in [-0.4, -0.2) is 30.1 Å². The third-order valence-electron chi connectivity index (χ3n) is 3.19. The second-order valence-electron chi connectivity index (χ2n) is 4.60. The first-order chi connectivity index (χ1) is 10.6. The standard InChI is InChI=1S/C14H11F2N5O/c1-8-13(14(22)11-7-17-4-5-18-11)19-20-21(8)12-3-2-9(15)6-10(12)16/h2-7,14,22H,1H3. The zero-order valence-corrected chi connectivity index (χ0v) is 11.5. The molecule has 1 aromatic carbocycles. The highest BCUT2D eigenvalue weighted by Gasteiger charge is 2.22. The van der Waals surface area contributed by atoms with Crippen molar-refractivity contribution in [1.82, 2.24) is 25.0 Å². The molecule has 0 fully saturated rings. The van der Waals surface area contributed by atoms with Crippen LogP contribution >= 0.6 is 0 Å². The van der Waals surface area contributed by atoms with E-state index in [1.807, 2.05) is 0 Å². The van der Waals surface area contributed by atoms with Crippen molar-refractivity contribution in [3.05, 3.63) is 65.5 Å². The van der Waals surface area contributed by atoms with Crippen LogP contribution in [0.2, 0.25) is 0 Å². The van der Waals surface area contributed by atoms with Gasteiger partial charge in [0, 0.05) is 18.5 Å². The Labute approximate surface area is 124 Å². The van der Waals surface area contributed by atoms with E-state index in [0.29, 0.717) is 11.4 Å². The maximum atomic E-state index is 13.8. The zero-order valence-electron chi connectivity index (χ0n) is 11.5. The Balaban J connectivity index is 2.02. The van der Waals surface area contributed by atoms with Crippen LogP contribution in [0.4, 0.5) is 8.78 Å². The molecule has 3 aromatic rings. The van der Waals surface area contributed by atoms with Crippen LogP contribution in [0.25, 0.3) is 5.69 Å². The lowest BCUT2D eigenvalue weighted by molar-refractivity contribution is 0.209. The smallest absolute Gasteiger partial charge is 0.151 e. The summed E-state index contributed by atoms with van der Waals surface area (Å²) in [4.78, 5) is 7.86. The summed E-state index contributed by atoms with van der Waals surface area (Å²) >= 11 is 0. The first kappa shape index (κ1) is 14.2. The van der Waals surface area contributed by atoms with E-state index in [4.69, 9.17) is 0 Å². The van der Waals surface area contributed by atoms with E-state index in [1.165, 1.54) is 29.3 Å². The molecule has 22 heavy (non-hydrogen) atoms. The van der Waals surface area contributed by atoms with E-state index in [2.05, 4.69) is 20.3 Å². The molecule has 112 valence electrons. The molecule has 0 bridgehead atoms. The number of nitrogens with zero attached hydrogens (tertiary/aromatic N) is 5.